The maximum atomic E-state index is 13.3. The third kappa shape index (κ3) is 4.15. The van der Waals surface area contributed by atoms with Gasteiger partial charge in [0.25, 0.3) is 5.91 Å². The summed E-state index contributed by atoms with van der Waals surface area (Å²) in [5, 5.41) is 5.42. The first kappa shape index (κ1) is 19.9. The summed E-state index contributed by atoms with van der Waals surface area (Å²) in [4.78, 5) is 39.2. The normalized spacial score (nSPS) is 22.8. The number of primary amides is 1. The molecule has 0 radical (unpaired) electrons. The summed E-state index contributed by atoms with van der Waals surface area (Å²) in [6, 6.07) is 14.9. The van der Waals surface area contributed by atoms with Gasteiger partial charge in [-0.25, -0.2) is 4.79 Å². The fourth-order valence-electron chi connectivity index (χ4n) is 4.72. The number of likely N-dealkylation sites (tertiary alicyclic amines) is 1. The van der Waals surface area contributed by atoms with Crippen molar-refractivity contribution in [1.29, 1.82) is 0 Å². The molecule has 3 atom stereocenters. The van der Waals surface area contributed by atoms with Gasteiger partial charge < -0.3 is 21.3 Å². The van der Waals surface area contributed by atoms with Gasteiger partial charge in [-0.15, -0.1) is 0 Å². The second-order valence-electron chi connectivity index (χ2n) is 8.00. The van der Waals surface area contributed by atoms with Crippen LogP contribution in [0.2, 0.25) is 0 Å². The fraction of sp³-hybridized carbons (Fsp3) is 0.348. The summed E-state index contributed by atoms with van der Waals surface area (Å²) in [6.07, 6.45) is 4.93. The van der Waals surface area contributed by atoms with Gasteiger partial charge in [-0.3, -0.25) is 9.59 Å². The van der Waals surface area contributed by atoms with E-state index in [4.69, 9.17) is 5.73 Å². The van der Waals surface area contributed by atoms with Gasteiger partial charge in [0.1, 0.15) is 6.04 Å². The number of hydrogen-bond acceptors (Lipinski definition) is 3. The Kier molecular flexibility index (Phi) is 5.70. The van der Waals surface area contributed by atoms with E-state index in [-0.39, 0.29) is 17.9 Å². The van der Waals surface area contributed by atoms with Crippen LogP contribution in [0.4, 0.5) is 16.2 Å². The number of carbonyl (C=O) groups is 3. The average molecular weight is 406 g/mol. The van der Waals surface area contributed by atoms with Crippen LogP contribution >= 0.6 is 0 Å². The molecule has 1 saturated carbocycles. The van der Waals surface area contributed by atoms with Crippen LogP contribution < -0.4 is 16.4 Å². The van der Waals surface area contributed by atoms with Crippen molar-refractivity contribution in [3.05, 3.63) is 60.2 Å². The molecule has 4 rings (SSSR count). The number of nitrogens with two attached hydrogens (primary N) is 1. The summed E-state index contributed by atoms with van der Waals surface area (Å²) in [5.41, 5.74) is 6.89. The molecule has 2 fully saturated rings. The molecule has 3 unspecified atom stereocenters. The van der Waals surface area contributed by atoms with E-state index >= 15 is 0 Å². The summed E-state index contributed by atoms with van der Waals surface area (Å²) < 4.78 is 0. The van der Waals surface area contributed by atoms with Gasteiger partial charge in [-0.1, -0.05) is 31.0 Å². The number of carbonyl (C=O) groups excluding carboxylic acids is 3. The first-order chi connectivity index (χ1) is 14.5. The lowest BCUT2D eigenvalue weighted by atomic mass is 9.84. The van der Waals surface area contributed by atoms with Crippen LogP contribution in [-0.4, -0.2) is 34.8 Å². The van der Waals surface area contributed by atoms with Crippen molar-refractivity contribution in [2.24, 2.45) is 11.7 Å². The van der Waals surface area contributed by atoms with Gasteiger partial charge in [0.05, 0.1) is 0 Å². The number of nitrogens with zero attached hydrogens (tertiary/aromatic N) is 1. The number of nitrogens with one attached hydrogen (secondary N) is 2. The van der Waals surface area contributed by atoms with Crippen molar-refractivity contribution in [2.45, 2.75) is 44.2 Å². The molecular formula is C23H26N4O3. The van der Waals surface area contributed by atoms with Crippen LogP contribution in [0.1, 0.15) is 42.5 Å². The SMILES string of the molecule is NC(=O)Nc1ccc(NC(=O)C2CC3CCCCC3N2C(=O)c2ccccc2)cc1. The molecule has 7 nitrogen and oxygen atoms in total. The molecule has 0 bridgehead atoms. The average Bonchev–Trinajstić information content (AvgIpc) is 3.14. The van der Waals surface area contributed by atoms with Gasteiger partial charge in [0.15, 0.2) is 0 Å². The molecule has 2 aromatic carbocycles. The van der Waals surface area contributed by atoms with Crippen molar-refractivity contribution < 1.29 is 14.4 Å². The molecule has 4 amide bonds. The first-order valence-electron chi connectivity index (χ1n) is 10.4. The highest BCUT2D eigenvalue weighted by molar-refractivity contribution is 6.02. The molecule has 0 aromatic heterocycles. The number of anilines is 2. The summed E-state index contributed by atoms with van der Waals surface area (Å²) in [7, 11) is 0. The van der Waals surface area contributed by atoms with E-state index in [1.807, 2.05) is 23.1 Å². The second-order valence-corrected chi connectivity index (χ2v) is 8.00. The van der Waals surface area contributed by atoms with Gasteiger partial charge in [0.2, 0.25) is 5.91 Å². The van der Waals surface area contributed by atoms with Crippen LogP contribution in [-0.2, 0) is 4.79 Å². The molecule has 156 valence electrons. The van der Waals surface area contributed by atoms with Crippen molar-refractivity contribution >= 4 is 29.2 Å². The number of rotatable bonds is 4. The Morgan fingerprint density at radius 3 is 2.17 bits per heavy atom. The molecular weight excluding hydrogens is 380 g/mol. The van der Waals surface area contributed by atoms with Crippen LogP contribution in [0.5, 0.6) is 0 Å². The highest BCUT2D eigenvalue weighted by atomic mass is 16.2. The quantitative estimate of drug-likeness (QED) is 0.723. The Labute approximate surface area is 175 Å². The summed E-state index contributed by atoms with van der Waals surface area (Å²) >= 11 is 0. The van der Waals surface area contributed by atoms with Gasteiger partial charge in [-0.2, -0.15) is 0 Å². The molecule has 0 spiro atoms. The Morgan fingerprint density at radius 1 is 0.867 bits per heavy atom. The van der Waals surface area contributed by atoms with Gasteiger partial charge in [-0.05, 0) is 61.6 Å². The highest BCUT2D eigenvalue weighted by Crippen LogP contribution is 2.40. The standard InChI is InChI=1S/C23H26N4O3/c24-23(30)26-18-12-10-17(11-13-18)25-21(28)20-14-16-8-4-5-9-19(16)27(20)22(29)15-6-2-1-3-7-15/h1-3,6-7,10-13,16,19-20H,4-5,8-9,14H2,(H,25,28)(H3,24,26,30). The molecule has 2 aromatic rings. The summed E-state index contributed by atoms with van der Waals surface area (Å²) in [6.45, 7) is 0. The van der Waals surface area contributed by atoms with E-state index in [1.165, 1.54) is 0 Å². The molecule has 4 N–H and O–H groups in total. The maximum Gasteiger partial charge on any atom is 0.316 e. The van der Waals surface area contributed by atoms with Crippen LogP contribution in [0, 0.1) is 5.92 Å². The second kappa shape index (κ2) is 8.57. The van der Waals surface area contributed by atoms with Gasteiger partial charge >= 0.3 is 6.03 Å². The molecule has 1 heterocycles. The van der Waals surface area contributed by atoms with Crippen molar-refractivity contribution in [3.63, 3.8) is 0 Å². The highest BCUT2D eigenvalue weighted by Gasteiger charge is 2.47. The minimum Gasteiger partial charge on any atom is -0.351 e. The van der Waals surface area contributed by atoms with Crippen LogP contribution in [0.25, 0.3) is 0 Å². The van der Waals surface area contributed by atoms with E-state index < -0.39 is 12.1 Å². The van der Waals surface area contributed by atoms with E-state index in [0.717, 1.165) is 25.7 Å². The Hall–Kier alpha value is -3.35. The molecule has 1 aliphatic heterocycles. The van der Waals surface area contributed by atoms with Crippen LogP contribution in [0.3, 0.4) is 0 Å². The van der Waals surface area contributed by atoms with Crippen molar-refractivity contribution in [2.75, 3.05) is 10.6 Å². The molecule has 7 heteroatoms. The predicted octanol–water partition coefficient (Wildman–Crippen LogP) is 3.59. The van der Waals surface area contributed by atoms with Crippen molar-refractivity contribution in [3.8, 4) is 0 Å². The first-order valence-corrected chi connectivity index (χ1v) is 10.4. The fourth-order valence-corrected chi connectivity index (χ4v) is 4.72. The van der Waals surface area contributed by atoms with E-state index in [9.17, 15) is 14.4 Å². The maximum absolute atomic E-state index is 13.3. The topological polar surface area (TPSA) is 105 Å². The van der Waals surface area contributed by atoms with Crippen LogP contribution in [0.15, 0.2) is 54.6 Å². The minimum absolute atomic E-state index is 0.0776. The minimum atomic E-state index is -0.643. The number of amides is 4. The number of benzene rings is 2. The molecule has 1 saturated heterocycles. The van der Waals surface area contributed by atoms with E-state index in [0.29, 0.717) is 29.3 Å². The molecule has 2 aliphatic rings. The molecule has 30 heavy (non-hydrogen) atoms. The van der Waals surface area contributed by atoms with E-state index in [2.05, 4.69) is 10.6 Å². The Balaban J connectivity index is 1.53. The number of fused-ring (bicyclic) bond motifs is 1. The zero-order chi connectivity index (χ0) is 21.1. The monoisotopic (exact) mass is 406 g/mol. The predicted molar refractivity (Wildman–Crippen MR) is 115 cm³/mol. The van der Waals surface area contributed by atoms with Crippen molar-refractivity contribution in [1.82, 2.24) is 4.90 Å². The zero-order valence-electron chi connectivity index (χ0n) is 16.7. The lowest BCUT2D eigenvalue weighted by Gasteiger charge is -2.33. The Bertz CT molecular complexity index is 929. The summed E-state index contributed by atoms with van der Waals surface area (Å²) in [5.74, 6) is 0.111. The largest absolute Gasteiger partial charge is 0.351 e. The number of hydrogen-bond donors (Lipinski definition) is 3. The van der Waals surface area contributed by atoms with Gasteiger partial charge in [0, 0.05) is 23.0 Å². The van der Waals surface area contributed by atoms with E-state index in [1.54, 1.807) is 36.4 Å². The Morgan fingerprint density at radius 2 is 1.50 bits per heavy atom. The molecule has 1 aliphatic carbocycles. The third-order valence-corrected chi connectivity index (χ3v) is 6.07. The smallest absolute Gasteiger partial charge is 0.316 e. The number of urea groups is 1. The third-order valence-electron chi connectivity index (χ3n) is 6.07. The lowest BCUT2D eigenvalue weighted by Crippen LogP contribution is -2.47. The lowest BCUT2D eigenvalue weighted by molar-refractivity contribution is -0.120. The zero-order valence-corrected chi connectivity index (χ0v) is 16.7.